The van der Waals surface area contributed by atoms with E-state index in [9.17, 15) is 0 Å². The van der Waals surface area contributed by atoms with E-state index in [4.69, 9.17) is 0 Å². The molecule has 0 rings (SSSR count). The molecule has 7 heavy (non-hydrogen) atoms. The second-order valence-corrected chi connectivity index (χ2v) is 3.81. The van der Waals surface area contributed by atoms with Crippen LogP contribution in [0.4, 0.5) is 0 Å². The SMILES string of the molecule is [Ni][CH2]CCC[CH2][La]. The molecule has 43 valence electrons. The summed E-state index contributed by atoms with van der Waals surface area (Å²) in [6, 6.07) is 0. The van der Waals surface area contributed by atoms with Gasteiger partial charge in [0, 0.05) is 0 Å². The van der Waals surface area contributed by atoms with Crippen LogP contribution in [0.3, 0.4) is 0 Å². The zero-order valence-electron chi connectivity index (χ0n) is 4.43. The van der Waals surface area contributed by atoms with Crippen molar-refractivity contribution < 1.29 is 49.2 Å². The molecule has 0 aliphatic carbocycles. The standard InChI is InChI=1S/C5H10.La.Ni/c1-3-5-4-2;;/h1-5H2;;. The van der Waals surface area contributed by atoms with Gasteiger partial charge >= 0.3 is 76.7 Å². The molecule has 0 aliphatic heterocycles. The Bertz CT molecular complexity index is 27.3. The summed E-state index contributed by atoms with van der Waals surface area (Å²) in [4.78, 5) is 0. The second kappa shape index (κ2) is 7.69. The molecule has 0 nitrogen and oxygen atoms in total. The summed E-state index contributed by atoms with van der Waals surface area (Å²) in [5.41, 5.74) is 0. The Morgan fingerprint density at radius 3 is 2.29 bits per heavy atom. The van der Waals surface area contributed by atoms with Crippen LogP contribution in [-0.4, -0.2) is 0 Å². The first kappa shape index (κ1) is 8.69. The normalized spacial score (nSPS) is 9.29. The predicted molar refractivity (Wildman–Crippen MR) is 23.5 cm³/mol. The molecule has 0 aromatic heterocycles. The fraction of sp³-hybridized carbons (Fsp3) is 1.00. The van der Waals surface area contributed by atoms with Crippen LogP contribution in [0.15, 0.2) is 0 Å². The van der Waals surface area contributed by atoms with E-state index in [1.807, 2.05) is 0 Å². The first-order valence-corrected chi connectivity index (χ1v) is 5.89. The van der Waals surface area contributed by atoms with Crippen molar-refractivity contribution in [2.45, 2.75) is 27.5 Å². The van der Waals surface area contributed by atoms with Crippen LogP contribution in [0.5, 0.6) is 0 Å². The van der Waals surface area contributed by atoms with Gasteiger partial charge in [0.05, 0.1) is 0 Å². The summed E-state index contributed by atoms with van der Waals surface area (Å²) in [6.45, 7) is 0. The van der Waals surface area contributed by atoms with Crippen molar-refractivity contribution in [2.24, 2.45) is 0 Å². The third kappa shape index (κ3) is 7.69. The molecule has 0 heterocycles. The second-order valence-electron chi connectivity index (χ2n) is 1.51. The van der Waals surface area contributed by atoms with Crippen molar-refractivity contribution >= 4 is 0 Å². The van der Waals surface area contributed by atoms with E-state index < -0.39 is 0 Å². The van der Waals surface area contributed by atoms with Gasteiger partial charge in [-0.3, -0.25) is 0 Å². The fourth-order valence-corrected chi connectivity index (χ4v) is 1.55. The van der Waals surface area contributed by atoms with Gasteiger partial charge in [-0.25, -0.2) is 0 Å². The van der Waals surface area contributed by atoms with E-state index in [-0.39, 0.29) is 0 Å². The third-order valence-electron chi connectivity index (χ3n) is 0.816. The fourth-order valence-electron chi connectivity index (χ4n) is 0.400. The van der Waals surface area contributed by atoms with Gasteiger partial charge < -0.3 is 0 Å². The molecule has 0 N–H and O–H groups in total. The molecule has 0 fully saturated rings. The molecule has 0 saturated carbocycles. The van der Waals surface area contributed by atoms with Crippen molar-refractivity contribution in [3.05, 3.63) is 0 Å². The van der Waals surface area contributed by atoms with Crippen LogP contribution < -0.4 is 0 Å². The van der Waals surface area contributed by atoms with Gasteiger partial charge in [0.15, 0.2) is 0 Å². The van der Waals surface area contributed by atoms with Crippen LogP contribution in [0.1, 0.15) is 19.3 Å². The predicted octanol–water partition coefficient (Wildman–Crippen LogP) is 2.09. The quantitative estimate of drug-likeness (QED) is 0.541. The van der Waals surface area contributed by atoms with E-state index in [2.05, 4.69) is 15.5 Å². The molecule has 0 atom stereocenters. The summed E-state index contributed by atoms with van der Waals surface area (Å²) in [7, 11) is 0. The van der Waals surface area contributed by atoms with Crippen LogP contribution in [0.2, 0.25) is 8.21 Å². The maximum atomic E-state index is 4.53. The van der Waals surface area contributed by atoms with Gasteiger partial charge in [-0.2, -0.15) is 0 Å². The van der Waals surface area contributed by atoms with E-state index in [0.29, 0.717) is 0 Å². The van der Waals surface area contributed by atoms with E-state index in [1.54, 1.807) is 0 Å². The number of hydrogen-bond donors (Lipinski definition) is 0. The molecule has 0 bridgehead atoms. The van der Waals surface area contributed by atoms with Crippen LogP contribution in [-0.2, 0) is 15.5 Å². The van der Waals surface area contributed by atoms with Crippen molar-refractivity contribution in [1.82, 2.24) is 0 Å². The van der Waals surface area contributed by atoms with Gasteiger partial charge in [-0.05, 0) is 0 Å². The molecule has 0 radical (unpaired) electrons. The maximum absolute atomic E-state index is 4.53. The van der Waals surface area contributed by atoms with Gasteiger partial charge in [0.25, 0.3) is 0 Å². The van der Waals surface area contributed by atoms with Crippen molar-refractivity contribution in [3.63, 3.8) is 0 Å². The number of unbranched alkanes of at least 4 members (excludes halogenated alkanes) is 2. The Morgan fingerprint density at radius 1 is 1.14 bits per heavy atom. The van der Waals surface area contributed by atoms with Crippen molar-refractivity contribution in [3.8, 4) is 0 Å². The van der Waals surface area contributed by atoms with E-state index >= 15 is 0 Å². The molecule has 0 spiro atoms. The molecule has 2 heteroatoms. The molecule has 0 unspecified atom stereocenters. The topological polar surface area (TPSA) is 0 Å². The Balaban J connectivity index is 2.45. The summed E-state index contributed by atoms with van der Waals surface area (Å²) >= 11 is 5.73. The molecular weight excluding hydrogens is 258 g/mol. The van der Waals surface area contributed by atoms with Gasteiger partial charge in [0.1, 0.15) is 0 Å². The Morgan fingerprint density at radius 2 is 1.86 bits per heavy atom. The minimum atomic E-state index is 1.00. The van der Waals surface area contributed by atoms with Crippen LogP contribution in [0, 0.1) is 33.7 Å². The Labute approximate surface area is 75.8 Å². The molecule has 0 amide bonds. The van der Waals surface area contributed by atoms with Gasteiger partial charge in [0.2, 0.25) is 0 Å². The molecular formula is C5H10LaNi. The molecule has 0 saturated heterocycles. The molecule has 0 aromatic rings. The first-order chi connectivity index (χ1) is 3.41. The zero-order valence-corrected chi connectivity index (χ0v) is 9.04. The van der Waals surface area contributed by atoms with E-state index in [0.717, 1.165) is 5.39 Å². The number of rotatable bonds is 4. The summed E-state index contributed by atoms with van der Waals surface area (Å²) in [5, 5.41) is 1.00. The first-order valence-electron chi connectivity index (χ1n) is 2.63. The summed E-state index contributed by atoms with van der Waals surface area (Å²) in [5.74, 6) is 0. The summed E-state index contributed by atoms with van der Waals surface area (Å²) in [6.07, 6.45) is 4.11. The Hall–Kier alpha value is 1.69. The van der Waals surface area contributed by atoms with E-state index in [1.165, 1.54) is 55.8 Å². The Kier molecular flexibility index (Phi) is 9.54. The average molecular weight is 268 g/mol. The minimum absolute atomic E-state index is 1.00. The molecule has 0 aliphatic rings. The van der Waals surface area contributed by atoms with Crippen molar-refractivity contribution in [2.75, 3.05) is 0 Å². The van der Waals surface area contributed by atoms with Gasteiger partial charge in [-0.15, -0.1) is 0 Å². The summed E-state index contributed by atoms with van der Waals surface area (Å²) < 4.78 is 1.49. The van der Waals surface area contributed by atoms with Crippen LogP contribution >= 0.6 is 0 Å². The van der Waals surface area contributed by atoms with Gasteiger partial charge in [-0.1, -0.05) is 0 Å². The average Bonchev–Trinajstić information content (AvgIpc) is 1.69. The third-order valence-corrected chi connectivity index (χ3v) is 2.45. The van der Waals surface area contributed by atoms with Crippen LogP contribution in [0.25, 0.3) is 0 Å². The zero-order chi connectivity index (χ0) is 5.54. The number of hydrogen-bond acceptors (Lipinski definition) is 0. The van der Waals surface area contributed by atoms with Crippen molar-refractivity contribution in [1.29, 1.82) is 0 Å². The molecule has 0 aromatic carbocycles. The monoisotopic (exact) mass is 267 g/mol.